The van der Waals surface area contributed by atoms with Gasteiger partial charge in [-0.05, 0) is 18.6 Å². The summed E-state index contributed by atoms with van der Waals surface area (Å²) in [4.78, 5) is 4.16. The standard InChI is InChI=1S/C9H11ClN2OS/c1-5(13)8(9(11)14)6-2-3-7(10)12-4-6/h2-5,8,13H,1H3,(H2,11,14). The second-order valence-electron chi connectivity index (χ2n) is 3.03. The monoisotopic (exact) mass is 230 g/mol. The van der Waals surface area contributed by atoms with Crippen molar-refractivity contribution in [3.63, 3.8) is 0 Å². The summed E-state index contributed by atoms with van der Waals surface area (Å²) >= 11 is 10.5. The van der Waals surface area contributed by atoms with Crippen molar-refractivity contribution >= 4 is 28.8 Å². The number of hydrogen-bond donors (Lipinski definition) is 2. The van der Waals surface area contributed by atoms with Crippen LogP contribution in [0.2, 0.25) is 5.15 Å². The molecule has 0 spiro atoms. The predicted molar refractivity (Wildman–Crippen MR) is 60.5 cm³/mol. The van der Waals surface area contributed by atoms with Gasteiger partial charge in [-0.2, -0.15) is 0 Å². The highest BCUT2D eigenvalue weighted by molar-refractivity contribution is 7.80. The summed E-state index contributed by atoms with van der Waals surface area (Å²) in [5, 5.41) is 9.88. The molecule has 2 unspecified atom stereocenters. The van der Waals surface area contributed by atoms with Crippen LogP contribution in [0, 0.1) is 0 Å². The zero-order valence-electron chi connectivity index (χ0n) is 7.64. The molecule has 0 aliphatic rings. The lowest BCUT2D eigenvalue weighted by molar-refractivity contribution is 0.185. The highest BCUT2D eigenvalue weighted by Gasteiger charge is 2.20. The molecule has 3 nitrogen and oxygen atoms in total. The van der Waals surface area contributed by atoms with E-state index in [4.69, 9.17) is 29.6 Å². The number of nitrogens with two attached hydrogens (primary N) is 1. The Morgan fingerprint density at radius 3 is 2.64 bits per heavy atom. The largest absolute Gasteiger partial charge is 0.393 e. The van der Waals surface area contributed by atoms with E-state index in [0.717, 1.165) is 5.56 Å². The lowest BCUT2D eigenvalue weighted by Crippen LogP contribution is -2.28. The maximum absolute atomic E-state index is 9.48. The van der Waals surface area contributed by atoms with E-state index in [0.29, 0.717) is 5.15 Å². The number of thiocarbonyl (C=S) groups is 1. The highest BCUT2D eigenvalue weighted by atomic mass is 35.5. The van der Waals surface area contributed by atoms with Crippen molar-refractivity contribution in [1.82, 2.24) is 4.98 Å². The third-order valence-corrected chi connectivity index (χ3v) is 2.38. The SMILES string of the molecule is CC(O)C(C(N)=S)c1ccc(Cl)nc1. The summed E-state index contributed by atoms with van der Waals surface area (Å²) in [5.41, 5.74) is 6.29. The summed E-state index contributed by atoms with van der Waals surface area (Å²) in [6, 6.07) is 3.40. The maximum atomic E-state index is 9.48. The fourth-order valence-corrected chi connectivity index (χ4v) is 1.70. The summed E-state index contributed by atoms with van der Waals surface area (Å²) in [7, 11) is 0. The first-order chi connectivity index (χ1) is 6.52. The minimum atomic E-state index is -0.629. The van der Waals surface area contributed by atoms with E-state index in [9.17, 15) is 5.11 Å². The molecule has 3 N–H and O–H groups in total. The molecule has 0 bridgehead atoms. The van der Waals surface area contributed by atoms with Crippen LogP contribution in [-0.2, 0) is 0 Å². The third kappa shape index (κ3) is 2.64. The topological polar surface area (TPSA) is 59.1 Å². The van der Waals surface area contributed by atoms with Crippen molar-refractivity contribution < 1.29 is 5.11 Å². The Morgan fingerprint density at radius 2 is 2.29 bits per heavy atom. The Morgan fingerprint density at radius 1 is 1.64 bits per heavy atom. The molecular weight excluding hydrogens is 220 g/mol. The quantitative estimate of drug-likeness (QED) is 0.610. The van der Waals surface area contributed by atoms with E-state index in [1.165, 1.54) is 0 Å². The first kappa shape index (κ1) is 11.4. The van der Waals surface area contributed by atoms with Gasteiger partial charge in [-0.25, -0.2) is 4.98 Å². The van der Waals surface area contributed by atoms with Crippen LogP contribution in [0.1, 0.15) is 18.4 Å². The van der Waals surface area contributed by atoms with E-state index in [1.54, 1.807) is 25.3 Å². The molecule has 0 saturated carbocycles. The predicted octanol–water partition coefficient (Wildman–Crippen LogP) is 1.49. The maximum Gasteiger partial charge on any atom is 0.129 e. The molecule has 14 heavy (non-hydrogen) atoms. The molecule has 0 aromatic carbocycles. The van der Waals surface area contributed by atoms with E-state index < -0.39 is 6.10 Å². The number of rotatable bonds is 3. The Bertz CT molecular complexity index is 326. The summed E-state index contributed by atoms with van der Waals surface area (Å²) < 4.78 is 0. The number of aliphatic hydroxyl groups excluding tert-OH is 1. The zero-order chi connectivity index (χ0) is 10.7. The van der Waals surface area contributed by atoms with Crippen LogP contribution in [0.15, 0.2) is 18.3 Å². The first-order valence-corrected chi connectivity index (χ1v) is 4.90. The van der Waals surface area contributed by atoms with Crippen LogP contribution in [0.25, 0.3) is 0 Å². The van der Waals surface area contributed by atoms with Crippen molar-refractivity contribution in [2.24, 2.45) is 5.73 Å². The average molecular weight is 231 g/mol. The van der Waals surface area contributed by atoms with Gasteiger partial charge in [0.05, 0.1) is 17.0 Å². The van der Waals surface area contributed by atoms with Crippen molar-refractivity contribution in [2.45, 2.75) is 18.9 Å². The fourth-order valence-electron chi connectivity index (χ4n) is 1.25. The fraction of sp³-hybridized carbons (Fsp3) is 0.333. The van der Waals surface area contributed by atoms with E-state index >= 15 is 0 Å². The molecule has 76 valence electrons. The minimum Gasteiger partial charge on any atom is -0.393 e. The lowest BCUT2D eigenvalue weighted by Gasteiger charge is -2.18. The normalized spacial score (nSPS) is 14.8. The molecule has 0 fully saturated rings. The number of pyridine rings is 1. The highest BCUT2D eigenvalue weighted by Crippen LogP contribution is 2.20. The second kappa shape index (κ2) is 4.68. The van der Waals surface area contributed by atoms with Crippen LogP contribution in [0.3, 0.4) is 0 Å². The van der Waals surface area contributed by atoms with E-state index in [2.05, 4.69) is 4.98 Å². The Balaban J connectivity index is 3.00. The molecule has 0 amide bonds. The Labute approximate surface area is 92.9 Å². The molecule has 1 aromatic rings. The van der Waals surface area contributed by atoms with Crippen LogP contribution in [0.5, 0.6) is 0 Å². The van der Waals surface area contributed by atoms with Crippen LogP contribution >= 0.6 is 23.8 Å². The van der Waals surface area contributed by atoms with Crippen molar-refractivity contribution in [3.8, 4) is 0 Å². The molecular formula is C9H11ClN2OS. The van der Waals surface area contributed by atoms with Crippen molar-refractivity contribution in [3.05, 3.63) is 29.0 Å². The van der Waals surface area contributed by atoms with Gasteiger partial charge in [-0.15, -0.1) is 0 Å². The second-order valence-corrected chi connectivity index (χ2v) is 3.89. The molecule has 2 atom stereocenters. The van der Waals surface area contributed by atoms with Gasteiger partial charge < -0.3 is 10.8 Å². The summed E-state index contributed by atoms with van der Waals surface area (Å²) in [6.45, 7) is 1.64. The lowest BCUT2D eigenvalue weighted by atomic mass is 9.96. The minimum absolute atomic E-state index is 0.254. The van der Waals surface area contributed by atoms with Crippen LogP contribution in [-0.4, -0.2) is 21.2 Å². The third-order valence-electron chi connectivity index (χ3n) is 1.90. The number of hydrogen-bond acceptors (Lipinski definition) is 3. The van der Waals surface area contributed by atoms with Gasteiger partial charge in [0, 0.05) is 6.20 Å². The number of aromatic nitrogens is 1. The molecule has 0 aliphatic heterocycles. The molecule has 0 radical (unpaired) electrons. The Kier molecular flexibility index (Phi) is 3.80. The van der Waals surface area contributed by atoms with Gasteiger partial charge in [0.2, 0.25) is 0 Å². The molecule has 0 aliphatic carbocycles. The van der Waals surface area contributed by atoms with E-state index in [-0.39, 0.29) is 10.9 Å². The zero-order valence-corrected chi connectivity index (χ0v) is 9.22. The van der Waals surface area contributed by atoms with E-state index in [1.807, 2.05) is 0 Å². The number of aliphatic hydroxyl groups is 1. The first-order valence-electron chi connectivity index (χ1n) is 4.11. The molecule has 0 saturated heterocycles. The van der Waals surface area contributed by atoms with Crippen molar-refractivity contribution in [2.75, 3.05) is 0 Å². The van der Waals surface area contributed by atoms with Gasteiger partial charge in [-0.1, -0.05) is 29.9 Å². The molecule has 1 rings (SSSR count). The van der Waals surface area contributed by atoms with Gasteiger partial charge in [-0.3, -0.25) is 0 Å². The Hall–Kier alpha value is -0.710. The molecule has 1 heterocycles. The van der Waals surface area contributed by atoms with Crippen LogP contribution < -0.4 is 5.73 Å². The van der Waals surface area contributed by atoms with Gasteiger partial charge in [0.15, 0.2) is 0 Å². The number of nitrogens with zero attached hydrogens (tertiary/aromatic N) is 1. The molecule has 1 aromatic heterocycles. The molecule has 5 heteroatoms. The van der Waals surface area contributed by atoms with Gasteiger partial charge >= 0.3 is 0 Å². The van der Waals surface area contributed by atoms with Gasteiger partial charge in [0.1, 0.15) is 5.15 Å². The van der Waals surface area contributed by atoms with Crippen molar-refractivity contribution in [1.29, 1.82) is 0 Å². The summed E-state index contributed by atoms with van der Waals surface area (Å²) in [5.74, 6) is -0.366. The smallest absolute Gasteiger partial charge is 0.129 e. The van der Waals surface area contributed by atoms with Crippen LogP contribution in [0.4, 0.5) is 0 Å². The number of halogens is 1. The van der Waals surface area contributed by atoms with Gasteiger partial charge in [0.25, 0.3) is 0 Å². The summed E-state index contributed by atoms with van der Waals surface area (Å²) in [6.07, 6.45) is 0.939. The average Bonchev–Trinajstić information content (AvgIpc) is 2.07.